The molecule has 0 radical (unpaired) electrons. The van der Waals surface area contributed by atoms with E-state index >= 15 is 0 Å². The molecule has 0 aliphatic carbocycles. The van der Waals surface area contributed by atoms with Crippen LogP contribution in [-0.4, -0.2) is 61.7 Å². The molecule has 0 spiro atoms. The molecule has 1 aliphatic rings. The van der Waals surface area contributed by atoms with Gasteiger partial charge in [0.1, 0.15) is 5.54 Å². The van der Waals surface area contributed by atoms with Gasteiger partial charge in [0, 0.05) is 26.2 Å². The summed E-state index contributed by atoms with van der Waals surface area (Å²) < 4.78 is 0. The van der Waals surface area contributed by atoms with E-state index in [4.69, 9.17) is 0 Å². The smallest absolute Gasteiger partial charge is 0.109 e. The number of likely N-dealkylation sites (tertiary alicyclic amines) is 1. The lowest BCUT2D eigenvalue weighted by molar-refractivity contribution is 0.188. The molecule has 0 bridgehead atoms. The largest absolute Gasteiger partial charge is 0.306 e. The molecule has 0 atom stereocenters. The van der Waals surface area contributed by atoms with E-state index < -0.39 is 0 Å². The van der Waals surface area contributed by atoms with Crippen LogP contribution in [0.2, 0.25) is 0 Å². The molecule has 0 aromatic carbocycles. The summed E-state index contributed by atoms with van der Waals surface area (Å²) in [5.74, 6) is 0. The van der Waals surface area contributed by atoms with E-state index in [9.17, 15) is 5.26 Å². The molecular formula is C13H26N4. The van der Waals surface area contributed by atoms with Crippen molar-refractivity contribution in [2.45, 2.75) is 32.2 Å². The minimum absolute atomic E-state index is 0.278. The number of likely N-dealkylation sites (N-methyl/N-ethyl adjacent to an activating group) is 1. The molecule has 1 rings (SSSR count). The van der Waals surface area contributed by atoms with Crippen LogP contribution in [0.15, 0.2) is 0 Å². The predicted octanol–water partition coefficient (Wildman–Crippen LogP) is 0.906. The van der Waals surface area contributed by atoms with Crippen molar-refractivity contribution in [3.8, 4) is 6.07 Å². The topological polar surface area (TPSA) is 42.3 Å². The van der Waals surface area contributed by atoms with Gasteiger partial charge in [-0.25, -0.2) is 0 Å². The second-order valence-electron chi connectivity index (χ2n) is 4.95. The minimum Gasteiger partial charge on any atom is -0.306 e. The van der Waals surface area contributed by atoms with Crippen molar-refractivity contribution in [3.05, 3.63) is 0 Å². The van der Waals surface area contributed by atoms with Crippen LogP contribution in [0, 0.1) is 11.3 Å². The van der Waals surface area contributed by atoms with Crippen LogP contribution >= 0.6 is 0 Å². The van der Waals surface area contributed by atoms with E-state index in [0.29, 0.717) is 0 Å². The average Bonchev–Trinajstić information content (AvgIpc) is 2.37. The third-order valence-electron chi connectivity index (χ3n) is 3.84. The van der Waals surface area contributed by atoms with E-state index in [1.807, 2.05) is 0 Å². The maximum atomic E-state index is 9.36. The van der Waals surface area contributed by atoms with Gasteiger partial charge in [-0.2, -0.15) is 5.26 Å². The highest BCUT2D eigenvalue weighted by Gasteiger charge is 2.32. The predicted molar refractivity (Wildman–Crippen MR) is 70.9 cm³/mol. The van der Waals surface area contributed by atoms with Crippen LogP contribution in [-0.2, 0) is 0 Å². The Hall–Kier alpha value is -0.630. The first-order valence-electron chi connectivity index (χ1n) is 6.73. The summed E-state index contributed by atoms with van der Waals surface area (Å²) in [5, 5.41) is 12.8. The highest BCUT2D eigenvalue weighted by Crippen LogP contribution is 2.20. The lowest BCUT2D eigenvalue weighted by Gasteiger charge is -2.36. The van der Waals surface area contributed by atoms with Crippen molar-refractivity contribution >= 4 is 0 Å². The number of rotatable bonds is 6. The quantitative estimate of drug-likeness (QED) is 0.747. The molecule has 1 N–H and O–H groups in total. The van der Waals surface area contributed by atoms with Gasteiger partial charge in [-0.1, -0.05) is 13.8 Å². The second-order valence-corrected chi connectivity index (χ2v) is 4.95. The van der Waals surface area contributed by atoms with Crippen molar-refractivity contribution in [1.29, 1.82) is 5.26 Å². The second kappa shape index (κ2) is 6.95. The lowest BCUT2D eigenvalue weighted by Crippen LogP contribution is -2.53. The summed E-state index contributed by atoms with van der Waals surface area (Å²) >= 11 is 0. The number of piperidine rings is 1. The van der Waals surface area contributed by atoms with Crippen LogP contribution in [0.4, 0.5) is 0 Å². The summed E-state index contributed by atoms with van der Waals surface area (Å²) in [4.78, 5) is 4.68. The molecule has 1 aliphatic heterocycles. The van der Waals surface area contributed by atoms with Crippen LogP contribution in [0.25, 0.3) is 0 Å². The first kappa shape index (κ1) is 14.4. The number of nitrogens with one attached hydrogen (secondary N) is 1. The zero-order chi connectivity index (χ0) is 12.7. The molecule has 4 nitrogen and oxygen atoms in total. The fourth-order valence-electron chi connectivity index (χ4n) is 2.32. The van der Waals surface area contributed by atoms with Crippen molar-refractivity contribution in [1.82, 2.24) is 15.1 Å². The molecule has 1 fully saturated rings. The van der Waals surface area contributed by atoms with Gasteiger partial charge in [-0.3, -0.25) is 5.32 Å². The van der Waals surface area contributed by atoms with Crippen molar-refractivity contribution in [2.24, 2.45) is 0 Å². The maximum absolute atomic E-state index is 9.36. The van der Waals surface area contributed by atoms with Gasteiger partial charge in [-0.05, 0) is 33.0 Å². The Morgan fingerprint density at radius 2 is 1.88 bits per heavy atom. The van der Waals surface area contributed by atoms with Crippen LogP contribution < -0.4 is 5.32 Å². The SMILES string of the molecule is CCN(CC)CCNC1(C#N)CCN(C)CC1. The zero-order valence-corrected chi connectivity index (χ0v) is 11.5. The summed E-state index contributed by atoms with van der Waals surface area (Å²) in [6, 6.07) is 2.49. The minimum atomic E-state index is -0.278. The monoisotopic (exact) mass is 238 g/mol. The normalized spacial score (nSPS) is 20.4. The molecule has 0 saturated carbocycles. The number of nitrogens with zero attached hydrogens (tertiary/aromatic N) is 3. The molecule has 0 amide bonds. The Morgan fingerprint density at radius 3 is 2.35 bits per heavy atom. The molecule has 0 aromatic rings. The van der Waals surface area contributed by atoms with E-state index in [0.717, 1.165) is 52.1 Å². The third-order valence-corrected chi connectivity index (χ3v) is 3.84. The van der Waals surface area contributed by atoms with Crippen molar-refractivity contribution < 1.29 is 0 Å². The highest BCUT2D eigenvalue weighted by atomic mass is 15.2. The van der Waals surface area contributed by atoms with E-state index in [1.165, 1.54) is 0 Å². The molecule has 4 heteroatoms. The molecule has 0 unspecified atom stereocenters. The van der Waals surface area contributed by atoms with E-state index in [-0.39, 0.29) is 5.54 Å². The van der Waals surface area contributed by atoms with Gasteiger partial charge in [0.25, 0.3) is 0 Å². The van der Waals surface area contributed by atoms with Crippen LogP contribution in [0.5, 0.6) is 0 Å². The Labute approximate surface area is 106 Å². The van der Waals surface area contributed by atoms with Gasteiger partial charge >= 0.3 is 0 Å². The molecule has 1 heterocycles. The lowest BCUT2D eigenvalue weighted by atomic mass is 9.89. The van der Waals surface area contributed by atoms with Crippen molar-refractivity contribution in [2.75, 3.05) is 46.3 Å². The zero-order valence-electron chi connectivity index (χ0n) is 11.5. The van der Waals surface area contributed by atoms with Gasteiger partial charge in [0.2, 0.25) is 0 Å². The first-order chi connectivity index (χ1) is 8.15. The van der Waals surface area contributed by atoms with Gasteiger partial charge in [-0.15, -0.1) is 0 Å². The highest BCUT2D eigenvalue weighted by molar-refractivity contribution is 5.09. The fourth-order valence-corrected chi connectivity index (χ4v) is 2.32. The van der Waals surface area contributed by atoms with E-state index in [1.54, 1.807) is 0 Å². The fraction of sp³-hybridized carbons (Fsp3) is 0.923. The summed E-state index contributed by atoms with van der Waals surface area (Å²) in [6.07, 6.45) is 1.89. The molecule has 1 saturated heterocycles. The average molecular weight is 238 g/mol. The number of hydrogen-bond donors (Lipinski definition) is 1. The van der Waals surface area contributed by atoms with Crippen molar-refractivity contribution in [3.63, 3.8) is 0 Å². The van der Waals surface area contributed by atoms with Crippen LogP contribution in [0.3, 0.4) is 0 Å². The maximum Gasteiger partial charge on any atom is 0.109 e. The Morgan fingerprint density at radius 1 is 1.29 bits per heavy atom. The van der Waals surface area contributed by atoms with Gasteiger partial charge in [0.15, 0.2) is 0 Å². The van der Waals surface area contributed by atoms with E-state index in [2.05, 4.69) is 42.1 Å². The third kappa shape index (κ3) is 4.27. The summed E-state index contributed by atoms with van der Waals surface area (Å²) in [6.45, 7) is 10.5. The summed E-state index contributed by atoms with van der Waals surface area (Å²) in [5.41, 5.74) is -0.278. The number of hydrogen-bond acceptors (Lipinski definition) is 4. The number of nitriles is 1. The molecule has 17 heavy (non-hydrogen) atoms. The molecule has 98 valence electrons. The molecule has 0 aromatic heterocycles. The van der Waals surface area contributed by atoms with Gasteiger partial charge < -0.3 is 9.80 Å². The standard InChI is InChI=1S/C13H26N4/c1-4-17(5-2)11-8-15-13(12-14)6-9-16(3)10-7-13/h15H,4-11H2,1-3H3. The molecular weight excluding hydrogens is 212 g/mol. The Bertz CT molecular complexity index is 247. The summed E-state index contributed by atoms with van der Waals surface area (Å²) in [7, 11) is 2.12. The Balaban J connectivity index is 2.35. The van der Waals surface area contributed by atoms with Crippen LogP contribution in [0.1, 0.15) is 26.7 Å². The first-order valence-corrected chi connectivity index (χ1v) is 6.73. The van der Waals surface area contributed by atoms with Gasteiger partial charge in [0.05, 0.1) is 6.07 Å². The Kier molecular flexibility index (Phi) is 5.90.